The fourth-order valence-electron chi connectivity index (χ4n) is 6.44. The number of nitrogens with zero attached hydrogens (tertiary/aromatic N) is 1. The molecule has 4 nitrogen and oxygen atoms in total. The molecule has 0 heterocycles. The van der Waals surface area contributed by atoms with Gasteiger partial charge in [-0.15, -0.1) is 0 Å². The van der Waals surface area contributed by atoms with Crippen LogP contribution >= 0.6 is 0 Å². The monoisotopic (exact) mass is 643 g/mol. The van der Waals surface area contributed by atoms with Crippen molar-refractivity contribution in [2.75, 3.05) is 46.5 Å². The Balaban J connectivity index is 4.74. The van der Waals surface area contributed by atoms with Crippen LogP contribution in [0.2, 0.25) is 6.04 Å². The molecule has 0 atom stereocenters. The minimum Gasteiger partial charge on any atom is -0.373 e. The molecule has 0 saturated heterocycles. The summed E-state index contributed by atoms with van der Waals surface area (Å²) < 4.78 is 20.5. The molecule has 0 aromatic rings. The van der Waals surface area contributed by atoms with E-state index in [4.69, 9.17) is 13.3 Å². The van der Waals surface area contributed by atoms with E-state index in [9.17, 15) is 0 Å². The Hall–Kier alpha value is 0.0569. The normalized spacial score (nSPS) is 12.4. The summed E-state index contributed by atoms with van der Waals surface area (Å²) in [5, 5.41) is 0. The van der Waals surface area contributed by atoms with Crippen LogP contribution in [0.3, 0.4) is 0 Å². The predicted molar refractivity (Wildman–Crippen MR) is 198 cm³/mol. The maximum absolute atomic E-state index is 6.43. The van der Waals surface area contributed by atoms with Crippen LogP contribution in [0, 0.1) is 0 Å². The van der Waals surface area contributed by atoms with Crippen LogP contribution in [0.25, 0.3) is 0 Å². The van der Waals surface area contributed by atoms with Gasteiger partial charge in [0.15, 0.2) is 0 Å². The lowest BCUT2D eigenvalue weighted by Crippen LogP contribution is -2.50. The van der Waals surface area contributed by atoms with Gasteiger partial charge in [0.1, 0.15) is 0 Å². The molecule has 0 aromatic heterocycles. The largest absolute Gasteiger partial charge is 0.501 e. The molecular formula is C39H84NO3Si+. The Morgan fingerprint density at radius 1 is 0.341 bits per heavy atom. The Bertz CT molecular complexity index is 514. The molecule has 0 saturated carbocycles. The first-order chi connectivity index (χ1) is 21.5. The van der Waals surface area contributed by atoms with E-state index in [0.717, 1.165) is 51.5 Å². The van der Waals surface area contributed by atoms with E-state index in [1.807, 2.05) is 0 Å². The average molecular weight is 643 g/mol. The number of unbranched alkanes of at least 4 members (excludes halogenated alkanes) is 20. The van der Waals surface area contributed by atoms with Gasteiger partial charge < -0.3 is 17.8 Å². The number of rotatable bonds is 37. The smallest absolute Gasteiger partial charge is 0.373 e. The van der Waals surface area contributed by atoms with Crippen molar-refractivity contribution in [1.82, 2.24) is 0 Å². The highest BCUT2D eigenvalue weighted by molar-refractivity contribution is 6.60. The summed E-state index contributed by atoms with van der Waals surface area (Å²) in [4.78, 5) is 0. The van der Waals surface area contributed by atoms with E-state index in [2.05, 4.69) is 41.7 Å². The van der Waals surface area contributed by atoms with Gasteiger partial charge in [-0.05, 0) is 44.9 Å². The third-order valence-electron chi connectivity index (χ3n) is 9.36. The zero-order valence-corrected chi connectivity index (χ0v) is 32.5. The minimum atomic E-state index is -2.60. The highest BCUT2D eigenvalue weighted by Crippen LogP contribution is 2.23. The first-order valence-electron chi connectivity index (χ1n) is 20.3. The summed E-state index contributed by atoms with van der Waals surface area (Å²) in [5.41, 5.74) is 0. The number of quaternary nitrogens is 1. The molecule has 0 fully saturated rings. The molecule has 5 heteroatoms. The first-order valence-corrected chi connectivity index (χ1v) is 22.2. The molecule has 0 amide bonds. The van der Waals surface area contributed by atoms with E-state index >= 15 is 0 Å². The highest BCUT2D eigenvalue weighted by Gasteiger charge is 2.41. The lowest BCUT2D eigenvalue weighted by atomic mass is 10.0. The SMILES string of the molecule is CCCCCCCCCCCCC[N+](C)(CCCCCCCCCCCCC)CCC[Si](OCCC)(OCCC)OCCC. The summed E-state index contributed by atoms with van der Waals surface area (Å²) in [6, 6.07) is 0.970. The van der Waals surface area contributed by atoms with Crippen LogP contribution in [0.15, 0.2) is 0 Å². The zero-order chi connectivity index (χ0) is 32.5. The summed E-state index contributed by atoms with van der Waals surface area (Å²) in [6.07, 6.45) is 35.5. The van der Waals surface area contributed by atoms with Crippen LogP contribution in [0.1, 0.15) is 202 Å². The average Bonchev–Trinajstić information content (AvgIpc) is 3.03. The Kier molecular flexibility index (Phi) is 33.0. The fourth-order valence-corrected chi connectivity index (χ4v) is 9.26. The summed E-state index contributed by atoms with van der Waals surface area (Å²) >= 11 is 0. The molecule has 0 N–H and O–H groups in total. The van der Waals surface area contributed by atoms with Crippen LogP contribution in [-0.4, -0.2) is 59.8 Å². The van der Waals surface area contributed by atoms with E-state index < -0.39 is 8.80 Å². The molecule has 0 aromatic carbocycles. The van der Waals surface area contributed by atoms with Gasteiger partial charge in [-0.3, -0.25) is 0 Å². The third kappa shape index (κ3) is 27.2. The molecule has 0 bridgehead atoms. The van der Waals surface area contributed by atoms with Crippen molar-refractivity contribution in [3.8, 4) is 0 Å². The Morgan fingerprint density at radius 3 is 0.909 bits per heavy atom. The lowest BCUT2D eigenvalue weighted by Gasteiger charge is -2.36. The molecule has 0 aliphatic carbocycles. The molecule has 0 rings (SSSR count). The van der Waals surface area contributed by atoms with Crippen molar-refractivity contribution < 1.29 is 17.8 Å². The van der Waals surface area contributed by atoms with Crippen molar-refractivity contribution in [3.63, 3.8) is 0 Å². The standard InChI is InChI=1S/C39H84NO3Si/c1-7-12-14-16-18-20-22-24-26-28-30-33-40(6,34-31-29-27-25-23-21-19-17-15-13-8-2)35-32-39-44(41-36-9-3,42-37-10-4)43-38-11-5/h7-39H2,1-6H3/q+1. The van der Waals surface area contributed by atoms with Gasteiger partial charge in [0.25, 0.3) is 0 Å². The first kappa shape index (κ1) is 44.1. The molecule has 266 valence electrons. The highest BCUT2D eigenvalue weighted by atomic mass is 28.4. The van der Waals surface area contributed by atoms with E-state index in [1.54, 1.807) is 0 Å². The van der Waals surface area contributed by atoms with E-state index in [1.165, 1.54) is 165 Å². The van der Waals surface area contributed by atoms with Gasteiger partial charge >= 0.3 is 8.80 Å². The topological polar surface area (TPSA) is 27.7 Å². The van der Waals surface area contributed by atoms with Crippen LogP contribution in [0.4, 0.5) is 0 Å². The Labute approximate surface area is 280 Å². The van der Waals surface area contributed by atoms with Crippen molar-refractivity contribution in [2.24, 2.45) is 0 Å². The van der Waals surface area contributed by atoms with Crippen molar-refractivity contribution in [2.45, 2.75) is 208 Å². The van der Waals surface area contributed by atoms with Gasteiger partial charge in [0, 0.05) is 32.3 Å². The number of hydrogen-bond acceptors (Lipinski definition) is 3. The molecule has 0 aliphatic heterocycles. The Morgan fingerprint density at radius 2 is 0.614 bits per heavy atom. The van der Waals surface area contributed by atoms with E-state index in [0.29, 0.717) is 0 Å². The van der Waals surface area contributed by atoms with E-state index in [-0.39, 0.29) is 0 Å². The molecule has 0 unspecified atom stereocenters. The molecule has 0 radical (unpaired) electrons. The van der Waals surface area contributed by atoms with Crippen LogP contribution in [0.5, 0.6) is 0 Å². The zero-order valence-electron chi connectivity index (χ0n) is 31.5. The third-order valence-corrected chi connectivity index (χ3v) is 12.3. The van der Waals surface area contributed by atoms with Crippen molar-refractivity contribution >= 4 is 8.80 Å². The van der Waals surface area contributed by atoms with Crippen molar-refractivity contribution in [1.29, 1.82) is 0 Å². The second-order valence-electron chi connectivity index (χ2n) is 14.2. The predicted octanol–water partition coefficient (Wildman–Crippen LogP) is 12.7. The summed E-state index contributed by atoms with van der Waals surface area (Å²) in [6.45, 7) is 17.3. The van der Waals surface area contributed by atoms with Gasteiger partial charge in [0.05, 0.1) is 26.7 Å². The minimum absolute atomic E-state index is 0.753. The maximum Gasteiger partial charge on any atom is 0.501 e. The molecular weight excluding hydrogens is 559 g/mol. The quantitative estimate of drug-likeness (QED) is 0.0383. The molecule has 0 aliphatic rings. The van der Waals surface area contributed by atoms with Gasteiger partial charge in [-0.2, -0.15) is 0 Å². The second kappa shape index (κ2) is 33.0. The lowest BCUT2D eigenvalue weighted by molar-refractivity contribution is -0.910. The van der Waals surface area contributed by atoms with Gasteiger partial charge in [0.2, 0.25) is 0 Å². The van der Waals surface area contributed by atoms with Gasteiger partial charge in [-0.1, -0.05) is 150 Å². The van der Waals surface area contributed by atoms with Crippen molar-refractivity contribution in [3.05, 3.63) is 0 Å². The second-order valence-corrected chi connectivity index (χ2v) is 16.9. The van der Waals surface area contributed by atoms with Crippen LogP contribution < -0.4 is 0 Å². The van der Waals surface area contributed by atoms with Gasteiger partial charge in [-0.25, -0.2) is 0 Å². The molecule has 44 heavy (non-hydrogen) atoms. The molecule has 0 spiro atoms. The summed E-state index contributed by atoms with van der Waals surface area (Å²) in [7, 11) is -0.0596. The maximum atomic E-state index is 6.43. The summed E-state index contributed by atoms with van der Waals surface area (Å²) in [5.74, 6) is 0. The van der Waals surface area contributed by atoms with Crippen LogP contribution in [-0.2, 0) is 13.3 Å². The number of hydrogen-bond donors (Lipinski definition) is 0. The fraction of sp³-hybridized carbons (Fsp3) is 1.00.